The number of aliphatic carboxylic acids is 1. The zero-order valence-corrected chi connectivity index (χ0v) is 8.45. The third-order valence-electron chi connectivity index (χ3n) is 1.83. The number of rotatable bonds is 5. The number of hydrogen-bond donors (Lipinski definition) is 2. The normalized spacial score (nSPS) is 10.1. The molecule has 0 saturated carbocycles. The van der Waals surface area contributed by atoms with Crippen LogP contribution in [0, 0.1) is 6.92 Å². The van der Waals surface area contributed by atoms with Crippen molar-refractivity contribution in [2.75, 3.05) is 11.9 Å². The first-order valence-corrected chi connectivity index (χ1v) is 4.63. The number of carboxylic acid groups (broad SMARTS) is 1. The summed E-state index contributed by atoms with van der Waals surface area (Å²) in [5.74, 6) is -0.868. The number of carbonyl (C=O) groups is 1. The van der Waals surface area contributed by atoms with E-state index in [0.29, 0.717) is 0 Å². The minimum Gasteiger partial charge on any atom is -0.480 e. The highest BCUT2D eigenvalue weighted by Crippen LogP contribution is 2.11. The van der Waals surface area contributed by atoms with Crippen LogP contribution in [-0.4, -0.2) is 27.4 Å². The van der Waals surface area contributed by atoms with Crippen LogP contribution in [-0.2, 0) is 11.3 Å². The van der Waals surface area contributed by atoms with Gasteiger partial charge in [0, 0.05) is 12.7 Å². The number of nitrogens with one attached hydrogen (secondary N) is 1. The second kappa shape index (κ2) is 4.64. The quantitative estimate of drug-likeness (QED) is 0.741. The van der Waals surface area contributed by atoms with Gasteiger partial charge in [0.15, 0.2) is 0 Å². The molecule has 0 bridgehead atoms. The van der Waals surface area contributed by atoms with Crippen LogP contribution in [0.3, 0.4) is 0 Å². The van der Waals surface area contributed by atoms with Crippen LogP contribution in [0.15, 0.2) is 6.20 Å². The topological polar surface area (TPSA) is 67.2 Å². The fourth-order valence-corrected chi connectivity index (χ4v) is 1.21. The molecule has 78 valence electrons. The lowest BCUT2D eigenvalue weighted by Crippen LogP contribution is -2.12. The number of hydrogen-bond acceptors (Lipinski definition) is 3. The molecule has 0 aliphatic heterocycles. The van der Waals surface area contributed by atoms with Crippen LogP contribution in [0.5, 0.6) is 0 Å². The molecule has 0 aromatic carbocycles. The van der Waals surface area contributed by atoms with Crippen molar-refractivity contribution in [2.45, 2.75) is 26.8 Å². The van der Waals surface area contributed by atoms with E-state index in [9.17, 15) is 4.79 Å². The third kappa shape index (κ3) is 2.76. The lowest BCUT2D eigenvalue weighted by molar-refractivity contribution is -0.134. The first-order valence-electron chi connectivity index (χ1n) is 4.63. The van der Waals surface area contributed by atoms with Crippen LogP contribution in [0.1, 0.15) is 19.0 Å². The Morgan fingerprint density at radius 1 is 1.71 bits per heavy atom. The van der Waals surface area contributed by atoms with E-state index in [1.54, 1.807) is 0 Å². The van der Waals surface area contributed by atoms with Gasteiger partial charge in [-0.2, -0.15) is 5.10 Å². The average Bonchev–Trinajstić information content (AvgIpc) is 2.44. The molecule has 0 saturated heterocycles. The first-order chi connectivity index (χ1) is 6.63. The molecule has 0 aliphatic carbocycles. The molecule has 0 unspecified atom stereocenters. The summed E-state index contributed by atoms with van der Waals surface area (Å²) in [5.41, 5.74) is 1.63. The third-order valence-corrected chi connectivity index (χ3v) is 1.83. The molecule has 1 aromatic rings. The number of anilines is 1. The molecule has 5 nitrogen and oxygen atoms in total. The SMILES string of the molecule is CCCn1cc(NCC(=O)O)c(C)n1. The summed E-state index contributed by atoms with van der Waals surface area (Å²) in [6.45, 7) is 4.71. The van der Waals surface area contributed by atoms with Gasteiger partial charge in [0.25, 0.3) is 0 Å². The van der Waals surface area contributed by atoms with Gasteiger partial charge in [0.1, 0.15) is 6.54 Å². The van der Waals surface area contributed by atoms with Crippen LogP contribution in [0.4, 0.5) is 5.69 Å². The first kappa shape index (κ1) is 10.6. The standard InChI is InChI=1S/C9H15N3O2/c1-3-4-12-6-8(7(2)11-12)10-5-9(13)14/h6,10H,3-5H2,1-2H3,(H,13,14). The molecule has 0 spiro atoms. The van der Waals surface area contributed by atoms with E-state index >= 15 is 0 Å². The maximum absolute atomic E-state index is 10.3. The number of aryl methyl sites for hydroxylation is 2. The monoisotopic (exact) mass is 197 g/mol. The smallest absolute Gasteiger partial charge is 0.322 e. The van der Waals surface area contributed by atoms with E-state index in [1.807, 2.05) is 17.8 Å². The second-order valence-corrected chi connectivity index (χ2v) is 3.14. The summed E-state index contributed by atoms with van der Waals surface area (Å²) in [4.78, 5) is 10.3. The van der Waals surface area contributed by atoms with Gasteiger partial charge >= 0.3 is 5.97 Å². The number of aromatic nitrogens is 2. The highest BCUT2D eigenvalue weighted by molar-refractivity contribution is 5.72. The fourth-order valence-electron chi connectivity index (χ4n) is 1.21. The van der Waals surface area contributed by atoms with Crippen molar-refractivity contribution < 1.29 is 9.90 Å². The van der Waals surface area contributed by atoms with E-state index in [1.165, 1.54) is 0 Å². The Hall–Kier alpha value is -1.52. The van der Waals surface area contributed by atoms with Gasteiger partial charge in [0.05, 0.1) is 11.4 Å². The van der Waals surface area contributed by atoms with Crippen LogP contribution in [0.2, 0.25) is 0 Å². The van der Waals surface area contributed by atoms with Crippen LogP contribution >= 0.6 is 0 Å². The Kier molecular flexibility index (Phi) is 3.50. The van der Waals surface area contributed by atoms with Crippen molar-refractivity contribution in [3.05, 3.63) is 11.9 Å². The molecule has 0 radical (unpaired) electrons. The van der Waals surface area contributed by atoms with Crippen molar-refractivity contribution in [2.24, 2.45) is 0 Å². The summed E-state index contributed by atoms with van der Waals surface area (Å²) in [6.07, 6.45) is 2.85. The Bertz CT molecular complexity index is 320. The van der Waals surface area contributed by atoms with Crippen molar-refractivity contribution in [3.8, 4) is 0 Å². The van der Waals surface area contributed by atoms with Gasteiger partial charge in [-0.05, 0) is 13.3 Å². The van der Waals surface area contributed by atoms with E-state index in [2.05, 4.69) is 17.3 Å². The maximum Gasteiger partial charge on any atom is 0.322 e. The summed E-state index contributed by atoms with van der Waals surface area (Å²) >= 11 is 0. The molecule has 0 amide bonds. The van der Waals surface area contributed by atoms with E-state index in [0.717, 1.165) is 24.3 Å². The Morgan fingerprint density at radius 3 is 3.00 bits per heavy atom. The zero-order valence-electron chi connectivity index (χ0n) is 8.45. The minimum atomic E-state index is -0.868. The van der Waals surface area contributed by atoms with Crippen molar-refractivity contribution >= 4 is 11.7 Å². The summed E-state index contributed by atoms with van der Waals surface area (Å²) in [7, 11) is 0. The lowest BCUT2D eigenvalue weighted by Gasteiger charge is -1.98. The van der Waals surface area contributed by atoms with Crippen LogP contribution in [0.25, 0.3) is 0 Å². The molecule has 0 atom stereocenters. The van der Waals surface area contributed by atoms with Gasteiger partial charge < -0.3 is 10.4 Å². The van der Waals surface area contributed by atoms with E-state index in [-0.39, 0.29) is 6.54 Å². The highest BCUT2D eigenvalue weighted by Gasteiger charge is 2.04. The average molecular weight is 197 g/mol. The Balaban J connectivity index is 2.62. The van der Waals surface area contributed by atoms with Crippen molar-refractivity contribution in [1.29, 1.82) is 0 Å². The van der Waals surface area contributed by atoms with Gasteiger partial charge in [-0.15, -0.1) is 0 Å². The molecule has 5 heteroatoms. The molecule has 1 heterocycles. The van der Waals surface area contributed by atoms with Gasteiger partial charge in [0.2, 0.25) is 0 Å². The summed E-state index contributed by atoms with van der Waals surface area (Å²) in [5, 5.41) is 15.5. The van der Waals surface area contributed by atoms with Gasteiger partial charge in [-0.25, -0.2) is 0 Å². The zero-order chi connectivity index (χ0) is 10.6. The van der Waals surface area contributed by atoms with Crippen LogP contribution < -0.4 is 5.32 Å². The molecular formula is C9H15N3O2. The molecular weight excluding hydrogens is 182 g/mol. The van der Waals surface area contributed by atoms with Gasteiger partial charge in [-0.3, -0.25) is 9.48 Å². The molecule has 14 heavy (non-hydrogen) atoms. The minimum absolute atomic E-state index is 0.0708. The van der Waals surface area contributed by atoms with Crippen molar-refractivity contribution in [1.82, 2.24) is 9.78 Å². The number of nitrogens with zero attached hydrogens (tertiary/aromatic N) is 2. The predicted octanol–water partition coefficient (Wildman–Crippen LogP) is 1.10. The maximum atomic E-state index is 10.3. The Labute approximate surface area is 82.7 Å². The van der Waals surface area contributed by atoms with E-state index in [4.69, 9.17) is 5.11 Å². The fraction of sp³-hybridized carbons (Fsp3) is 0.556. The Morgan fingerprint density at radius 2 is 2.43 bits per heavy atom. The highest BCUT2D eigenvalue weighted by atomic mass is 16.4. The lowest BCUT2D eigenvalue weighted by atomic mass is 10.4. The molecule has 2 N–H and O–H groups in total. The summed E-state index contributed by atoms with van der Waals surface area (Å²) < 4.78 is 1.82. The molecule has 1 rings (SSSR count). The largest absolute Gasteiger partial charge is 0.480 e. The molecule has 0 fully saturated rings. The number of carboxylic acids is 1. The summed E-state index contributed by atoms with van der Waals surface area (Å²) in [6, 6.07) is 0. The second-order valence-electron chi connectivity index (χ2n) is 3.14. The molecule has 1 aromatic heterocycles. The predicted molar refractivity (Wildman–Crippen MR) is 53.4 cm³/mol. The molecule has 0 aliphatic rings. The van der Waals surface area contributed by atoms with Gasteiger partial charge in [-0.1, -0.05) is 6.92 Å². The van der Waals surface area contributed by atoms with Crippen molar-refractivity contribution in [3.63, 3.8) is 0 Å². The van der Waals surface area contributed by atoms with E-state index < -0.39 is 5.97 Å².